The van der Waals surface area contributed by atoms with Gasteiger partial charge in [0.1, 0.15) is 35.1 Å². The minimum atomic E-state index is -1.56. The van der Waals surface area contributed by atoms with Gasteiger partial charge in [0.25, 0.3) is 0 Å². The van der Waals surface area contributed by atoms with Crippen molar-refractivity contribution in [1.29, 1.82) is 0 Å². The van der Waals surface area contributed by atoms with Gasteiger partial charge < -0.3 is 78.3 Å². The van der Waals surface area contributed by atoms with Crippen LogP contribution in [-0.4, -0.2) is 137 Å². The van der Waals surface area contributed by atoms with Crippen LogP contribution in [0.25, 0.3) is 0 Å². The summed E-state index contributed by atoms with van der Waals surface area (Å²) >= 11 is 0. The van der Waals surface area contributed by atoms with Crippen LogP contribution in [0.4, 0.5) is 19.2 Å². The molecule has 0 saturated heterocycles. The zero-order chi connectivity index (χ0) is 42.6. The molecule has 0 aliphatic carbocycles. The van der Waals surface area contributed by atoms with E-state index in [1.807, 2.05) is 0 Å². The Morgan fingerprint density at radius 3 is 1.12 bits per heavy atom. The van der Waals surface area contributed by atoms with Crippen molar-refractivity contribution in [3.63, 3.8) is 0 Å². The average molecular weight is 756 g/mol. The highest BCUT2D eigenvalue weighted by Gasteiger charge is 2.27. The summed E-state index contributed by atoms with van der Waals surface area (Å²) in [7, 11) is 0. The summed E-state index contributed by atoms with van der Waals surface area (Å²) in [5.74, 6) is -0.331. The molecule has 0 heterocycles. The standard InChI is InChI=1S/C31H52N4O17/c1-21(39)31(8,9)35-27(43)50-18-46-13-23(48-20-52-26(42)34-30(6,7)16-38)11-44-10-22(47-19-51-25(41)33-29(4,5)15-37)12-45-17-49-24(40)32-28(2,3)14-36/h14-16,22-23H,10-13,17-20H2,1-9H3,(H,32,40)(H,33,41)(H,34,42)(H,35,43)/i14D,15D,16D. The van der Waals surface area contributed by atoms with E-state index in [9.17, 15) is 38.4 Å². The van der Waals surface area contributed by atoms with Crippen LogP contribution in [0.3, 0.4) is 0 Å². The van der Waals surface area contributed by atoms with E-state index in [2.05, 4.69) is 21.3 Å². The Labute approximate surface area is 305 Å². The molecule has 298 valence electrons. The van der Waals surface area contributed by atoms with Crippen molar-refractivity contribution in [2.75, 3.05) is 53.6 Å². The van der Waals surface area contributed by atoms with Crippen LogP contribution >= 0.6 is 0 Å². The predicted molar refractivity (Wildman–Crippen MR) is 176 cm³/mol. The smallest absolute Gasteiger partial charge is 0.410 e. The molecule has 4 amide bonds. The molecule has 0 saturated carbocycles. The Morgan fingerprint density at radius 2 is 0.808 bits per heavy atom. The molecular weight excluding hydrogens is 700 g/mol. The fourth-order valence-electron chi connectivity index (χ4n) is 2.87. The summed E-state index contributed by atoms with van der Waals surface area (Å²) in [6.45, 7) is 7.90. The molecule has 0 aromatic carbocycles. The van der Waals surface area contributed by atoms with Crippen LogP contribution in [0, 0.1) is 0 Å². The van der Waals surface area contributed by atoms with Gasteiger partial charge in [0.15, 0.2) is 33.0 Å². The number of amides is 4. The van der Waals surface area contributed by atoms with E-state index in [-0.39, 0.29) is 32.2 Å². The normalized spacial score (nSPS) is 13.8. The number of Topliss-reactive ketones (excluding diaryl/α,β-unsaturated/α-hetero) is 1. The zero-order valence-corrected chi connectivity index (χ0v) is 30.8. The Hall–Kier alpha value is -4.44. The SMILES string of the molecule is [2H]C(=O)C(C)(C)NC(=O)OCOCC(COCC(COCOC(=O)NC(C)(C)C(C)=O)OCOC(=O)NC(C)(C)C([2H])=O)OCOC(=O)NC(C)(C)C([2H])=O. The molecule has 21 heteroatoms. The van der Waals surface area contributed by atoms with Gasteiger partial charge in [0.2, 0.25) is 0 Å². The number of hydrogen-bond donors (Lipinski definition) is 4. The van der Waals surface area contributed by atoms with Crippen LogP contribution in [0.1, 0.15) is 66.4 Å². The summed E-state index contributed by atoms with van der Waals surface area (Å²) < 4.78 is 68.4. The highest BCUT2D eigenvalue weighted by Crippen LogP contribution is 2.06. The van der Waals surface area contributed by atoms with Gasteiger partial charge in [-0.3, -0.25) is 4.79 Å². The second kappa shape index (κ2) is 23.2. The number of carbonyl (C=O) groups excluding carboxylic acids is 8. The average Bonchev–Trinajstić information content (AvgIpc) is 3.03. The van der Waals surface area contributed by atoms with E-state index in [1.54, 1.807) is 0 Å². The van der Waals surface area contributed by atoms with Crippen molar-refractivity contribution in [2.24, 2.45) is 0 Å². The van der Waals surface area contributed by atoms with E-state index >= 15 is 0 Å². The fourth-order valence-corrected chi connectivity index (χ4v) is 2.87. The lowest BCUT2D eigenvalue weighted by Gasteiger charge is -2.23. The number of ketones is 1. The zero-order valence-electron chi connectivity index (χ0n) is 33.8. The first-order valence-corrected chi connectivity index (χ1v) is 15.5. The molecule has 21 nitrogen and oxygen atoms in total. The topological polar surface area (TPSA) is 268 Å². The molecule has 0 fully saturated rings. The Balaban J connectivity index is 5.50. The molecule has 0 bridgehead atoms. The third-order valence-corrected chi connectivity index (χ3v) is 6.05. The number of hydrogen-bond acceptors (Lipinski definition) is 17. The number of nitrogens with one attached hydrogen (secondary N) is 4. The van der Waals surface area contributed by atoms with Crippen LogP contribution < -0.4 is 21.3 Å². The first-order valence-electron chi connectivity index (χ1n) is 17.0. The van der Waals surface area contributed by atoms with Crippen molar-refractivity contribution >= 4 is 48.9 Å². The molecule has 0 aliphatic rings. The predicted octanol–water partition coefficient (Wildman–Crippen LogP) is 0.842. The molecule has 2 unspecified atom stereocenters. The van der Waals surface area contributed by atoms with Gasteiger partial charge in [0, 0.05) is 0 Å². The first kappa shape index (κ1) is 42.0. The lowest BCUT2D eigenvalue weighted by atomic mass is 10.0. The Morgan fingerprint density at radius 1 is 0.519 bits per heavy atom. The van der Waals surface area contributed by atoms with Gasteiger partial charge in [-0.25, -0.2) is 19.2 Å². The Bertz CT molecular complexity index is 1250. The summed E-state index contributed by atoms with van der Waals surface area (Å²) in [5.41, 5.74) is -5.86. The molecule has 0 spiro atoms. The second-order valence-electron chi connectivity index (χ2n) is 12.9. The quantitative estimate of drug-likeness (QED) is 0.0412. The molecule has 0 aromatic heterocycles. The summed E-state index contributed by atoms with van der Waals surface area (Å²) in [6, 6.07) is 0. The van der Waals surface area contributed by atoms with Gasteiger partial charge in [-0.2, -0.15) is 0 Å². The van der Waals surface area contributed by atoms with Crippen molar-refractivity contribution in [3.8, 4) is 0 Å². The molecule has 0 aromatic rings. The Kier molecular flexibility index (Phi) is 18.7. The number of carbonyl (C=O) groups is 8. The fraction of sp³-hybridized carbons (Fsp3) is 0.742. The van der Waals surface area contributed by atoms with Gasteiger partial charge in [-0.05, 0) is 62.3 Å². The lowest BCUT2D eigenvalue weighted by molar-refractivity contribution is -0.151. The largest absolute Gasteiger partial charge is 0.422 e. The third-order valence-electron chi connectivity index (χ3n) is 6.05. The monoisotopic (exact) mass is 755 g/mol. The minimum Gasteiger partial charge on any atom is -0.422 e. The summed E-state index contributed by atoms with van der Waals surface area (Å²) in [5, 5.41) is 8.91. The molecule has 0 radical (unpaired) electrons. The maximum Gasteiger partial charge on any atom is 0.410 e. The minimum absolute atomic E-state index is 0.318. The van der Waals surface area contributed by atoms with Crippen LogP contribution in [0.5, 0.6) is 0 Å². The third kappa shape index (κ3) is 23.1. The number of aldehydes is 3. The van der Waals surface area contributed by atoms with Gasteiger partial charge >= 0.3 is 24.4 Å². The highest BCUT2D eigenvalue weighted by atomic mass is 16.7. The lowest BCUT2D eigenvalue weighted by Crippen LogP contribution is -2.49. The van der Waals surface area contributed by atoms with E-state index in [0.717, 1.165) is 0 Å². The summed E-state index contributed by atoms with van der Waals surface area (Å²) in [6.07, 6.45) is -9.55. The number of ether oxygens (including phenoxy) is 9. The van der Waals surface area contributed by atoms with Crippen molar-refractivity contribution < 1.29 is 85.1 Å². The molecule has 0 rings (SSSR count). The van der Waals surface area contributed by atoms with Crippen LogP contribution in [0.2, 0.25) is 0 Å². The van der Waals surface area contributed by atoms with Crippen molar-refractivity contribution in [2.45, 2.75) is 96.7 Å². The molecule has 0 aliphatic heterocycles. The highest BCUT2D eigenvalue weighted by molar-refractivity contribution is 5.88. The molecule has 2 atom stereocenters. The molecule has 4 N–H and O–H groups in total. The van der Waals surface area contributed by atoms with E-state index in [4.69, 9.17) is 46.7 Å². The first-order chi connectivity index (χ1) is 25.2. The second-order valence-corrected chi connectivity index (χ2v) is 12.9. The van der Waals surface area contributed by atoms with Crippen LogP contribution in [-0.2, 0) is 61.8 Å². The van der Waals surface area contributed by atoms with Crippen molar-refractivity contribution in [1.82, 2.24) is 21.3 Å². The van der Waals surface area contributed by atoms with Crippen molar-refractivity contribution in [3.05, 3.63) is 0 Å². The van der Waals surface area contributed by atoms with Gasteiger partial charge in [-0.1, -0.05) is 0 Å². The van der Waals surface area contributed by atoms with Gasteiger partial charge in [-0.15, -0.1) is 0 Å². The number of alkyl carbamates (subject to hydrolysis) is 4. The molecular formula is C31H52N4O17. The van der Waals surface area contributed by atoms with Crippen LogP contribution in [0.15, 0.2) is 0 Å². The van der Waals surface area contributed by atoms with E-state index in [0.29, 0.717) is 0 Å². The maximum absolute atomic E-state index is 12.1. The van der Waals surface area contributed by atoms with Gasteiger partial charge in [0.05, 0.1) is 48.6 Å². The van der Waals surface area contributed by atoms with E-state index in [1.165, 1.54) is 62.3 Å². The molecule has 52 heavy (non-hydrogen) atoms. The van der Waals surface area contributed by atoms with E-state index < -0.39 is 105 Å². The number of rotatable bonds is 26. The maximum atomic E-state index is 12.1. The summed E-state index contributed by atoms with van der Waals surface area (Å²) in [4.78, 5) is 94.0.